The number of aromatic nitrogens is 3. The van der Waals surface area contributed by atoms with Gasteiger partial charge >= 0.3 is 0 Å². The summed E-state index contributed by atoms with van der Waals surface area (Å²) in [6.07, 6.45) is 7.84. The number of imide groups is 1. The number of aryl methyl sites for hydroxylation is 1. The Kier molecular flexibility index (Phi) is 14.3. The Morgan fingerprint density at radius 1 is 0.889 bits per heavy atom. The topological polar surface area (TPSA) is 156 Å². The molecule has 1 saturated carbocycles. The fraction of sp³-hybridized carbons (Fsp3) is 0.571. The predicted octanol–water partition coefficient (Wildman–Crippen LogP) is 7.19. The third-order valence-electron chi connectivity index (χ3n) is 13.3. The SMILES string of the molecule is CCn1nnc2c1-c1ccccc1CN(C(=O)CCNC(=O)CCC(C)(C)OCCC(C)(C)NC(=O)CCN1C(=O)C3C4C=CC(C4CCCSC(C)C)C3C1=O)c1ccccc1-2. The standard InChI is InChI=1S/C49H65N7O6S/c1-8-56-45-33-15-10-9-14-32(33)30-55(38-18-12-11-16-37(38)44(45)52-53-56)41(59)22-26-50-39(57)21-24-49(6,7)62-28-25-48(4,5)51-40(58)23-27-54-46(60)42-35-19-20-36(43(42)47(54)61)34(35)17-13-29-63-31(2)3/h9-12,14-16,18-20,31,34-36,42-43H,8,13,17,21-30H2,1-7H3,(H,50,57)(H,51,58). The molecule has 2 fully saturated rings. The lowest BCUT2D eigenvalue weighted by Crippen LogP contribution is -2.46. The molecule has 1 saturated heterocycles. The van der Waals surface area contributed by atoms with E-state index >= 15 is 0 Å². The number of thioether (sulfide) groups is 1. The van der Waals surface area contributed by atoms with Gasteiger partial charge in [0.25, 0.3) is 0 Å². The van der Waals surface area contributed by atoms with Crippen molar-refractivity contribution in [3.8, 4) is 22.5 Å². The molecule has 2 aliphatic carbocycles. The van der Waals surface area contributed by atoms with Gasteiger partial charge in [-0.15, -0.1) is 5.10 Å². The molecular formula is C49H65N7O6S. The Balaban J connectivity index is 0.819. The zero-order valence-corrected chi connectivity index (χ0v) is 38.8. The monoisotopic (exact) mass is 879 g/mol. The molecule has 3 heterocycles. The predicted molar refractivity (Wildman–Crippen MR) is 246 cm³/mol. The second-order valence-corrected chi connectivity index (χ2v) is 20.7. The van der Waals surface area contributed by atoms with Crippen molar-refractivity contribution in [2.75, 3.05) is 30.3 Å². The summed E-state index contributed by atoms with van der Waals surface area (Å²) in [7, 11) is 0. The number of carbonyl (C=O) groups is 5. The number of benzene rings is 2. The molecule has 63 heavy (non-hydrogen) atoms. The van der Waals surface area contributed by atoms with Crippen LogP contribution < -0.4 is 15.5 Å². The van der Waals surface area contributed by atoms with Gasteiger partial charge in [-0.25, -0.2) is 4.68 Å². The molecule has 4 atom stereocenters. The van der Waals surface area contributed by atoms with E-state index in [0.717, 1.165) is 52.4 Å². The van der Waals surface area contributed by atoms with Gasteiger partial charge < -0.3 is 20.3 Å². The maximum Gasteiger partial charge on any atom is 0.233 e. The maximum absolute atomic E-state index is 13.9. The minimum absolute atomic E-state index is 0.0507. The molecule has 2 bridgehead atoms. The molecule has 338 valence electrons. The van der Waals surface area contributed by atoms with Crippen LogP contribution in [0, 0.1) is 29.6 Å². The van der Waals surface area contributed by atoms with Crippen molar-refractivity contribution in [3.05, 3.63) is 66.2 Å². The van der Waals surface area contributed by atoms with Gasteiger partial charge in [0.15, 0.2) is 0 Å². The quantitative estimate of drug-likeness (QED) is 0.0682. The van der Waals surface area contributed by atoms with Gasteiger partial charge in [0.05, 0.1) is 35.4 Å². The van der Waals surface area contributed by atoms with E-state index in [1.165, 1.54) is 4.90 Å². The van der Waals surface area contributed by atoms with E-state index in [-0.39, 0.29) is 85.6 Å². The summed E-state index contributed by atoms with van der Waals surface area (Å²) in [4.78, 5) is 70.1. The summed E-state index contributed by atoms with van der Waals surface area (Å²) in [6.45, 7) is 15.8. The van der Waals surface area contributed by atoms with Crippen molar-refractivity contribution in [3.63, 3.8) is 0 Å². The highest BCUT2D eigenvalue weighted by Crippen LogP contribution is 2.57. The van der Waals surface area contributed by atoms with Crippen LogP contribution in [0.2, 0.25) is 0 Å². The van der Waals surface area contributed by atoms with Crippen LogP contribution in [-0.2, 0) is 41.8 Å². The lowest BCUT2D eigenvalue weighted by atomic mass is 9.85. The maximum atomic E-state index is 13.9. The number of hydrogen-bond acceptors (Lipinski definition) is 9. The van der Waals surface area contributed by atoms with E-state index in [9.17, 15) is 24.0 Å². The summed E-state index contributed by atoms with van der Waals surface area (Å²) in [5.74, 6) is 0.388. The molecule has 1 aromatic heterocycles. The molecule has 2 aromatic carbocycles. The molecule has 0 spiro atoms. The van der Waals surface area contributed by atoms with E-state index in [1.807, 2.05) is 99.6 Å². The Bertz CT molecular complexity index is 2180. The van der Waals surface area contributed by atoms with E-state index < -0.39 is 11.1 Å². The molecule has 4 aliphatic rings. The smallest absolute Gasteiger partial charge is 0.233 e. The van der Waals surface area contributed by atoms with Crippen LogP contribution in [0.3, 0.4) is 0 Å². The first-order valence-electron chi connectivity index (χ1n) is 22.9. The van der Waals surface area contributed by atoms with Crippen LogP contribution >= 0.6 is 11.8 Å². The first-order valence-corrected chi connectivity index (χ1v) is 23.9. The number of nitrogens with one attached hydrogen (secondary N) is 2. The molecule has 2 N–H and O–H groups in total. The second kappa shape index (κ2) is 19.5. The largest absolute Gasteiger partial charge is 0.375 e. The van der Waals surface area contributed by atoms with Gasteiger partial charge in [0.1, 0.15) is 5.69 Å². The van der Waals surface area contributed by atoms with E-state index in [1.54, 1.807) is 4.90 Å². The highest BCUT2D eigenvalue weighted by Gasteiger charge is 2.62. The van der Waals surface area contributed by atoms with Crippen molar-refractivity contribution < 1.29 is 28.7 Å². The van der Waals surface area contributed by atoms with Crippen molar-refractivity contribution in [2.45, 2.75) is 123 Å². The van der Waals surface area contributed by atoms with Crippen molar-refractivity contribution in [1.82, 2.24) is 30.5 Å². The Morgan fingerprint density at radius 3 is 2.27 bits per heavy atom. The second-order valence-electron chi connectivity index (χ2n) is 19.0. The summed E-state index contributed by atoms with van der Waals surface area (Å²) >= 11 is 1.95. The normalized spacial score (nSPS) is 21.2. The van der Waals surface area contributed by atoms with Crippen molar-refractivity contribution in [2.24, 2.45) is 29.6 Å². The van der Waals surface area contributed by atoms with Crippen LogP contribution in [0.5, 0.6) is 0 Å². The number of carbonyl (C=O) groups excluding carboxylic acids is 5. The van der Waals surface area contributed by atoms with Crippen LogP contribution in [0.1, 0.15) is 99.0 Å². The van der Waals surface area contributed by atoms with Gasteiger partial charge in [0.2, 0.25) is 29.5 Å². The Labute approximate surface area is 376 Å². The average molecular weight is 880 g/mol. The summed E-state index contributed by atoms with van der Waals surface area (Å²) in [6, 6.07) is 15.8. The molecule has 5 amide bonds. The van der Waals surface area contributed by atoms with Crippen LogP contribution in [0.25, 0.3) is 22.5 Å². The van der Waals surface area contributed by atoms with E-state index in [4.69, 9.17) is 4.74 Å². The summed E-state index contributed by atoms with van der Waals surface area (Å²) in [5.41, 5.74) is 4.04. The number of para-hydroxylation sites is 1. The van der Waals surface area contributed by atoms with Crippen molar-refractivity contribution in [1.29, 1.82) is 0 Å². The first-order chi connectivity index (χ1) is 30.1. The number of rotatable bonds is 20. The lowest BCUT2D eigenvalue weighted by Gasteiger charge is -2.30. The van der Waals surface area contributed by atoms with Crippen LogP contribution in [0.15, 0.2) is 60.7 Å². The average Bonchev–Trinajstić information content (AvgIpc) is 3.99. The zero-order chi connectivity index (χ0) is 45.1. The van der Waals surface area contributed by atoms with Gasteiger partial charge in [-0.2, -0.15) is 11.8 Å². The molecular weight excluding hydrogens is 815 g/mol. The molecule has 4 unspecified atom stereocenters. The number of nitrogens with zero attached hydrogens (tertiary/aromatic N) is 5. The molecule has 3 aromatic rings. The van der Waals surface area contributed by atoms with Gasteiger partial charge in [-0.3, -0.25) is 28.9 Å². The number of amides is 5. The minimum atomic E-state index is -0.609. The third-order valence-corrected chi connectivity index (χ3v) is 14.4. The fourth-order valence-electron chi connectivity index (χ4n) is 9.97. The van der Waals surface area contributed by atoms with Crippen LogP contribution in [0.4, 0.5) is 5.69 Å². The summed E-state index contributed by atoms with van der Waals surface area (Å²) < 4.78 is 8.11. The zero-order valence-electron chi connectivity index (χ0n) is 38.0. The highest BCUT2D eigenvalue weighted by atomic mass is 32.2. The number of hydrogen-bond donors (Lipinski definition) is 2. The van der Waals surface area contributed by atoms with Crippen LogP contribution in [-0.4, -0.2) is 91.3 Å². The Hall–Kier alpha value is -4.82. The molecule has 13 nitrogen and oxygen atoms in total. The fourth-order valence-corrected chi connectivity index (χ4v) is 10.8. The van der Waals surface area contributed by atoms with E-state index in [0.29, 0.717) is 43.7 Å². The number of ether oxygens (including phenoxy) is 1. The number of allylic oxidation sites excluding steroid dienone is 2. The number of anilines is 1. The van der Waals surface area contributed by atoms with Gasteiger partial charge in [0, 0.05) is 62.2 Å². The number of likely N-dealkylation sites (tertiary alicyclic amines) is 1. The molecule has 7 rings (SSSR count). The van der Waals surface area contributed by atoms with Crippen molar-refractivity contribution >= 4 is 47.0 Å². The third kappa shape index (κ3) is 10.3. The highest BCUT2D eigenvalue weighted by molar-refractivity contribution is 7.99. The molecule has 2 aliphatic heterocycles. The molecule has 0 radical (unpaired) electrons. The van der Waals surface area contributed by atoms with Gasteiger partial charge in [-0.1, -0.05) is 73.7 Å². The lowest BCUT2D eigenvalue weighted by molar-refractivity contribution is -0.141. The molecule has 14 heteroatoms. The Morgan fingerprint density at radius 2 is 1.57 bits per heavy atom. The minimum Gasteiger partial charge on any atom is -0.375 e. The number of fused-ring (bicyclic) bond motifs is 10. The first kappa shape index (κ1) is 46.2. The summed E-state index contributed by atoms with van der Waals surface area (Å²) in [5, 5.41) is 15.6. The van der Waals surface area contributed by atoms with E-state index in [2.05, 4.69) is 46.9 Å². The van der Waals surface area contributed by atoms with Gasteiger partial charge in [-0.05, 0) is 101 Å².